The van der Waals surface area contributed by atoms with E-state index in [0.29, 0.717) is 23.9 Å². The first-order valence-electron chi connectivity index (χ1n) is 6.92. The van der Waals surface area contributed by atoms with Crippen LogP contribution >= 0.6 is 0 Å². The number of nitrogens with one attached hydrogen (secondary N) is 1. The first kappa shape index (κ1) is 14.5. The predicted molar refractivity (Wildman–Crippen MR) is 82.4 cm³/mol. The third kappa shape index (κ3) is 2.13. The number of nitrogens with zero attached hydrogens (tertiary/aromatic N) is 3. The minimum absolute atomic E-state index is 0.133. The first-order chi connectivity index (χ1) is 10.3. The van der Waals surface area contributed by atoms with Gasteiger partial charge < -0.3 is 16.0 Å². The zero-order chi connectivity index (χ0) is 16.1. The summed E-state index contributed by atoms with van der Waals surface area (Å²) in [6.07, 6.45) is 0. The van der Waals surface area contributed by atoms with E-state index in [1.54, 1.807) is 7.05 Å². The minimum atomic E-state index is -0.889. The van der Waals surface area contributed by atoms with Crippen LogP contribution in [0.5, 0.6) is 0 Å². The van der Waals surface area contributed by atoms with Crippen LogP contribution in [0.2, 0.25) is 0 Å². The highest BCUT2D eigenvalue weighted by atomic mass is 19.2. The Hall–Kier alpha value is -2.44. The molecule has 1 aromatic carbocycles. The Balaban J connectivity index is 2.19. The molecule has 2 aromatic rings. The number of hydrogen-bond donors (Lipinski definition) is 2. The van der Waals surface area contributed by atoms with Crippen molar-refractivity contribution in [2.45, 2.75) is 19.3 Å². The number of aromatic nitrogens is 2. The van der Waals surface area contributed by atoms with Gasteiger partial charge in [0.2, 0.25) is 5.95 Å². The highest BCUT2D eigenvalue weighted by molar-refractivity contribution is 5.75. The first-order valence-corrected chi connectivity index (χ1v) is 6.92. The molecular weight excluding hydrogens is 288 g/mol. The van der Waals surface area contributed by atoms with E-state index in [9.17, 15) is 8.78 Å². The van der Waals surface area contributed by atoms with Gasteiger partial charge in [-0.1, -0.05) is 13.8 Å². The molecule has 0 aliphatic carbocycles. The monoisotopic (exact) mass is 305 g/mol. The molecule has 0 saturated heterocycles. The summed E-state index contributed by atoms with van der Waals surface area (Å²) in [5.74, 6) is -0.362. The maximum Gasteiger partial charge on any atom is 0.223 e. The van der Waals surface area contributed by atoms with Crippen molar-refractivity contribution in [1.29, 1.82) is 0 Å². The van der Waals surface area contributed by atoms with Crippen LogP contribution in [0.3, 0.4) is 0 Å². The van der Waals surface area contributed by atoms with Crippen LogP contribution in [-0.2, 0) is 5.41 Å². The molecule has 22 heavy (non-hydrogen) atoms. The molecule has 1 aromatic heterocycles. The van der Waals surface area contributed by atoms with Crippen molar-refractivity contribution in [1.82, 2.24) is 9.97 Å². The Labute approximate surface area is 127 Å². The van der Waals surface area contributed by atoms with Crippen LogP contribution in [0, 0.1) is 11.6 Å². The number of nitrogens with two attached hydrogens (primary N) is 1. The van der Waals surface area contributed by atoms with Crippen molar-refractivity contribution in [3.05, 3.63) is 35.4 Å². The van der Waals surface area contributed by atoms with Gasteiger partial charge in [-0.15, -0.1) is 0 Å². The van der Waals surface area contributed by atoms with Gasteiger partial charge in [-0.3, -0.25) is 0 Å². The second-order valence-corrected chi connectivity index (χ2v) is 5.95. The quantitative estimate of drug-likeness (QED) is 0.893. The summed E-state index contributed by atoms with van der Waals surface area (Å²) in [7, 11) is 1.76. The molecule has 0 bridgehead atoms. The van der Waals surface area contributed by atoms with Crippen molar-refractivity contribution in [3.8, 4) is 0 Å². The molecule has 0 atom stereocenters. The predicted octanol–water partition coefficient (Wildman–Crippen LogP) is 2.81. The van der Waals surface area contributed by atoms with Crippen molar-refractivity contribution < 1.29 is 8.78 Å². The molecule has 0 radical (unpaired) electrons. The van der Waals surface area contributed by atoms with E-state index in [0.717, 1.165) is 17.7 Å². The summed E-state index contributed by atoms with van der Waals surface area (Å²) < 4.78 is 26.7. The zero-order valence-electron chi connectivity index (χ0n) is 12.6. The van der Waals surface area contributed by atoms with Crippen molar-refractivity contribution in [2.75, 3.05) is 29.5 Å². The minimum Gasteiger partial charge on any atom is -0.373 e. The van der Waals surface area contributed by atoms with Gasteiger partial charge in [0.05, 0.1) is 0 Å². The Morgan fingerprint density at radius 1 is 1.23 bits per heavy atom. The Morgan fingerprint density at radius 3 is 2.59 bits per heavy atom. The lowest BCUT2D eigenvalue weighted by molar-refractivity contribution is 0.508. The van der Waals surface area contributed by atoms with E-state index in [4.69, 9.17) is 5.73 Å². The largest absolute Gasteiger partial charge is 0.373 e. The third-order valence-electron chi connectivity index (χ3n) is 3.84. The lowest BCUT2D eigenvalue weighted by Crippen LogP contribution is -2.25. The second kappa shape index (κ2) is 4.79. The molecule has 0 saturated carbocycles. The van der Waals surface area contributed by atoms with E-state index in [-0.39, 0.29) is 11.4 Å². The fourth-order valence-corrected chi connectivity index (χ4v) is 2.88. The number of anilines is 4. The van der Waals surface area contributed by atoms with Gasteiger partial charge in [0.15, 0.2) is 11.6 Å². The van der Waals surface area contributed by atoms with E-state index in [1.807, 2.05) is 18.7 Å². The molecule has 3 rings (SSSR count). The number of benzene rings is 1. The maximum atomic E-state index is 13.6. The Bertz CT molecular complexity index is 745. The molecular formula is C15H17F2N5. The fraction of sp³-hybridized carbons (Fsp3) is 0.333. The summed E-state index contributed by atoms with van der Waals surface area (Å²) in [4.78, 5) is 10.3. The van der Waals surface area contributed by atoms with Gasteiger partial charge in [-0.05, 0) is 12.1 Å². The molecule has 116 valence electrons. The fourth-order valence-electron chi connectivity index (χ4n) is 2.88. The third-order valence-corrected chi connectivity index (χ3v) is 3.84. The summed E-state index contributed by atoms with van der Waals surface area (Å²) in [6.45, 7) is 4.67. The van der Waals surface area contributed by atoms with E-state index in [2.05, 4.69) is 15.3 Å². The number of nitrogen functional groups attached to an aromatic ring is 1. The highest BCUT2D eigenvalue weighted by Crippen LogP contribution is 2.46. The van der Waals surface area contributed by atoms with Crippen LogP contribution in [0.1, 0.15) is 19.4 Å². The van der Waals surface area contributed by atoms with Gasteiger partial charge in [0.1, 0.15) is 11.6 Å². The summed E-state index contributed by atoms with van der Waals surface area (Å²) in [5.41, 5.74) is 6.95. The highest BCUT2D eigenvalue weighted by Gasteiger charge is 2.40. The lowest BCUT2D eigenvalue weighted by atomic mass is 9.88. The molecule has 3 N–H and O–H groups in total. The molecule has 1 aliphatic rings. The maximum absolute atomic E-state index is 13.6. The van der Waals surface area contributed by atoms with Crippen LogP contribution in [0.15, 0.2) is 18.2 Å². The van der Waals surface area contributed by atoms with Crippen LogP contribution in [0.4, 0.5) is 32.1 Å². The number of fused-ring (bicyclic) bond motifs is 1. The zero-order valence-corrected chi connectivity index (χ0v) is 12.6. The average Bonchev–Trinajstić information content (AvgIpc) is 2.72. The molecule has 5 nitrogen and oxygen atoms in total. The summed E-state index contributed by atoms with van der Waals surface area (Å²) >= 11 is 0. The lowest BCUT2D eigenvalue weighted by Gasteiger charge is -2.22. The Morgan fingerprint density at radius 2 is 1.95 bits per heavy atom. The van der Waals surface area contributed by atoms with Crippen molar-refractivity contribution in [3.63, 3.8) is 0 Å². The molecule has 7 heteroatoms. The molecule has 0 fully saturated rings. The van der Waals surface area contributed by atoms with Crippen molar-refractivity contribution >= 4 is 23.3 Å². The standard InChI is InChI=1S/C15H17F2N5/c1-15(2)7-22(8-4-5-9(16)10(17)6-8)13-11(15)12(19-3)20-14(18)21-13/h4-6H,7H2,1-3H3,(H3,18,19,20,21). The van der Waals surface area contributed by atoms with Gasteiger partial charge >= 0.3 is 0 Å². The molecule has 0 amide bonds. The van der Waals surface area contributed by atoms with Crippen molar-refractivity contribution in [2.24, 2.45) is 0 Å². The topological polar surface area (TPSA) is 67.1 Å². The Kier molecular flexibility index (Phi) is 3.16. The smallest absolute Gasteiger partial charge is 0.223 e. The summed E-state index contributed by atoms with van der Waals surface area (Å²) in [5, 5.41) is 3.02. The van der Waals surface area contributed by atoms with Gasteiger partial charge in [0, 0.05) is 36.3 Å². The van der Waals surface area contributed by atoms with Gasteiger partial charge in [0.25, 0.3) is 0 Å². The van der Waals surface area contributed by atoms with Crippen LogP contribution in [0.25, 0.3) is 0 Å². The number of halogens is 2. The molecule has 0 spiro atoms. The SMILES string of the molecule is CNc1nc(N)nc2c1C(C)(C)CN2c1ccc(F)c(F)c1. The number of hydrogen-bond acceptors (Lipinski definition) is 5. The van der Waals surface area contributed by atoms with Gasteiger partial charge in [-0.25, -0.2) is 8.78 Å². The summed E-state index contributed by atoms with van der Waals surface area (Å²) in [6, 6.07) is 3.80. The normalized spacial score (nSPS) is 15.8. The van der Waals surface area contributed by atoms with Crippen LogP contribution < -0.4 is 16.0 Å². The number of rotatable bonds is 2. The molecule has 0 unspecified atom stereocenters. The average molecular weight is 305 g/mol. The van der Waals surface area contributed by atoms with Crippen LogP contribution in [-0.4, -0.2) is 23.6 Å². The molecule has 1 aliphatic heterocycles. The second-order valence-electron chi connectivity index (χ2n) is 5.95. The van der Waals surface area contributed by atoms with E-state index in [1.165, 1.54) is 6.07 Å². The van der Waals surface area contributed by atoms with E-state index >= 15 is 0 Å². The van der Waals surface area contributed by atoms with E-state index < -0.39 is 11.6 Å². The van der Waals surface area contributed by atoms with Gasteiger partial charge in [-0.2, -0.15) is 9.97 Å². The molecule has 2 heterocycles.